The van der Waals surface area contributed by atoms with Crippen molar-refractivity contribution in [2.24, 2.45) is 0 Å². The minimum absolute atomic E-state index is 0.129. The molecule has 38 heavy (non-hydrogen) atoms. The van der Waals surface area contributed by atoms with Gasteiger partial charge in [0.1, 0.15) is 5.82 Å². The first-order valence-electron chi connectivity index (χ1n) is 13.3. The maximum absolute atomic E-state index is 12.9. The van der Waals surface area contributed by atoms with Crippen molar-refractivity contribution >= 4 is 28.9 Å². The summed E-state index contributed by atoms with van der Waals surface area (Å²) < 4.78 is 1.89. The molecule has 6 rings (SSSR count). The second-order valence-electron chi connectivity index (χ2n) is 10.3. The minimum atomic E-state index is 0.129. The summed E-state index contributed by atoms with van der Waals surface area (Å²) in [6, 6.07) is 10.3. The second kappa shape index (κ2) is 10.5. The molecule has 2 saturated heterocycles. The van der Waals surface area contributed by atoms with Crippen LogP contribution in [0.2, 0.25) is 0 Å². The van der Waals surface area contributed by atoms with Crippen molar-refractivity contribution in [3.63, 3.8) is 0 Å². The summed E-state index contributed by atoms with van der Waals surface area (Å²) >= 11 is 0. The highest BCUT2D eigenvalue weighted by atomic mass is 16.2. The molecule has 2 aliphatic rings. The molecule has 0 radical (unpaired) electrons. The van der Waals surface area contributed by atoms with E-state index in [0.717, 1.165) is 54.9 Å². The molecule has 0 bridgehead atoms. The molecule has 4 aromatic heterocycles. The van der Waals surface area contributed by atoms with Crippen molar-refractivity contribution < 1.29 is 4.79 Å². The molecule has 0 aliphatic carbocycles. The van der Waals surface area contributed by atoms with Gasteiger partial charge in [-0.3, -0.25) is 9.69 Å². The Bertz CT molecular complexity index is 1430. The standard InChI is InChI=1S/C28H33N9O/c1-19(2)23-17-32-37-12-8-20(15-25(23)37)24-7-11-30-28(33-24)34-26-4-3-22(16-31-26)36-14-13-35(18-27(36)38)21-5-9-29-10-6-21/h3-4,7-8,11-12,15-17,19,21,29H,5-6,9-10,13-14,18H2,1-2H3,(H,30,31,33,34). The number of aromatic nitrogens is 5. The number of piperidine rings is 1. The molecule has 0 saturated carbocycles. The summed E-state index contributed by atoms with van der Waals surface area (Å²) in [5.41, 5.74) is 4.91. The highest BCUT2D eigenvalue weighted by Crippen LogP contribution is 2.26. The van der Waals surface area contributed by atoms with E-state index in [1.54, 1.807) is 12.4 Å². The Kier molecular flexibility index (Phi) is 6.73. The molecule has 0 aromatic carbocycles. The number of fused-ring (bicyclic) bond motifs is 1. The van der Waals surface area contributed by atoms with E-state index in [1.807, 2.05) is 46.1 Å². The molecule has 1 amide bonds. The highest BCUT2D eigenvalue weighted by molar-refractivity contribution is 5.95. The topological polar surface area (TPSA) is 104 Å². The summed E-state index contributed by atoms with van der Waals surface area (Å²) in [7, 11) is 0. The number of anilines is 3. The van der Waals surface area contributed by atoms with Crippen molar-refractivity contribution in [1.29, 1.82) is 0 Å². The van der Waals surface area contributed by atoms with Gasteiger partial charge in [-0.05, 0) is 62.2 Å². The summed E-state index contributed by atoms with van der Waals surface area (Å²) in [5.74, 6) is 1.60. The normalized spacial score (nSPS) is 17.4. The maximum Gasteiger partial charge on any atom is 0.241 e. The van der Waals surface area contributed by atoms with Gasteiger partial charge in [-0.25, -0.2) is 19.5 Å². The third kappa shape index (κ3) is 4.97. The van der Waals surface area contributed by atoms with Crippen molar-refractivity contribution in [3.05, 3.63) is 60.7 Å². The van der Waals surface area contributed by atoms with Crippen LogP contribution in [0.4, 0.5) is 17.5 Å². The number of nitrogens with zero attached hydrogens (tertiary/aromatic N) is 7. The van der Waals surface area contributed by atoms with Crippen LogP contribution in [-0.4, -0.2) is 74.1 Å². The lowest BCUT2D eigenvalue weighted by molar-refractivity contribution is -0.122. The first-order chi connectivity index (χ1) is 18.5. The highest BCUT2D eigenvalue weighted by Gasteiger charge is 2.30. The Morgan fingerprint density at radius 3 is 2.68 bits per heavy atom. The predicted molar refractivity (Wildman–Crippen MR) is 148 cm³/mol. The molecule has 2 N–H and O–H groups in total. The van der Waals surface area contributed by atoms with Gasteiger partial charge < -0.3 is 15.5 Å². The molecule has 0 unspecified atom stereocenters. The van der Waals surface area contributed by atoms with Gasteiger partial charge in [-0.15, -0.1) is 0 Å². The van der Waals surface area contributed by atoms with E-state index < -0.39 is 0 Å². The fourth-order valence-corrected chi connectivity index (χ4v) is 5.37. The van der Waals surface area contributed by atoms with E-state index in [0.29, 0.717) is 36.8 Å². The first-order valence-corrected chi connectivity index (χ1v) is 13.3. The molecule has 6 heterocycles. The largest absolute Gasteiger partial charge is 0.317 e. The van der Waals surface area contributed by atoms with Crippen molar-refractivity contribution in [2.45, 2.75) is 38.6 Å². The number of hydrogen-bond acceptors (Lipinski definition) is 8. The quantitative estimate of drug-likeness (QED) is 0.406. The number of carbonyl (C=O) groups is 1. The molecule has 10 heteroatoms. The number of rotatable bonds is 6. The van der Waals surface area contributed by atoms with Crippen LogP contribution in [0.1, 0.15) is 38.2 Å². The molecule has 0 spiro atoms. The number of amides is 1. The molecule has 0 atom stereocenters. The van der Waals surface area contributed by atoms with Crippen LogP contribution < -0.4 is 15.5 Å². The smallest absolute Gasteiger partial charge is 0.241 e. The Balaban J connectivity index is 1.13. The zero-order valence-corrected chi connectivity index (χ0v) is 21.8. The average molecular weight is 512 g/mol. The fraction of sp³-hybridized carbons (Fsp3) is 0.393. The lowest BCUT2D eigenvalue weighted by Gasteiger charge is -2.40. The third-order valence-electron chi connectivity index (χ3n) is 7.50. The lowest BCUT2D eigenvalue weighted by atomic mass is 10.0. The predicted octanol–water partition coefficient (Wildman–Crippen LogP) is 3.45. The van der Waals surface area contributed by atoms with E-state index in [4.69, 9.17) is 4.98 Å². The molecule has 196 valence electrons. The van der Waals surface area contributed by atoms with Gasteiger partial charge in [0, 0.05) is 42.7 Å². The van der Waals surface area contributed by atoms with Crippen LogP contribution in [0.25, 0.3) is 16.8 Å². The zero-order valence-electron chi connectivity index (χ0n) is 21.8. The molecular weight excluding hydrogens is 478 g/mol. The van der Waals surface area contributed by atoms with E-state index in [9.17, 15) is 4.79 Å². The van der Waals surface area contributed by atoms with Gasteiger partial charge in [0.2, 0.25) is 11.9 Å². The van der Waals surface area contributed by atoms with E-state index in [-0.39, 0.29) is 5.91 Å². The van der Waals surface area contributed by atoms with Crippen LogP contribution in [0.5, 0.6) is 0 Å². The number of nitrogens with one attached hydrogen (secondary N) is 2. The Labute approximate surface area is 222 Å². The zero-order chi connectivity index (χ0) is 26.1. The Hall–Kier alpha value is -3.89. The molecule has 2 aliphatic heterocycles. The summed E-state index contributed by atoms with van der Waals surface area (Å²) in [6.45, 7) is 8.43. The first kappa shape index (κ1) is 24.4. The van der Waals surface area contributed by atoms with Gasteiger partial charge in [0.05, 0.1) is 35.8 Å². The van der Waals surface area contributed by atoms with Gasteiger partial charge in [0.15, 0.2) is 0 Å². The van der Waals surface area contributed by atoms with E-state index in [1.165, 1.54) is 5.56 Å². The Morgan fingerprint density at radius 1 is 1.05 bits per heavy atom. The van der Waals surface area contributed by atoms with E-state index in [2.05, 4.69) is 50.5 Å². The van der Waals surface area contributed by atoms with Crippen LogP contribution in [-0.2, 0) is 4.79 Å². The van der Waals surface area contributed by atoms with Crippen LogP contribution in [0.15, 0.2) is 55.1 Å². The number of piperazine rings is 1. The van der Waals surface area contributed by atoms with Crippen LogP contribution >= 0.6 is 0 Å². The fourth-order valence-electron chi connectivity index (χ4n) is 5.37. The summed E-state index contributed by atoms with van der Waals surface area (Å²) in [5, 5.41) is 11.0. The second-order valence-corrected chi connectivity index (χ2v) is 10.3. The number of carbonyl (C=O) groups excluding carboxylic acids is 1. The van der Waals surface area contributed by atoms with Crippen molar-refractivity contribution in [1.82, 2.24) is 34.8 Å². The molecule has 2 fully saturated rings. The number of hydrogen-bond donors (Lipinski definition) is 2. The van der Waals surface area contributed by atoms with Crippen LogP contribution in [0.3, 0.4) is 0 Å². The SMILES string of the molecule is CC(C)c1cnn2ccc(-c3ccnc(Nc4ccc(N5CCN(C6CCNCC6)CC5=O)cn4)n3)cc12. The summed E-state index contributed by atoms with van der Waals surface area (Å²) in [6.07, 6.45) is 9.58. The van der Waals surface area contributed by atoms with Crippen molar-refractivity contribution in [3.8, 4) is 11.3 Å². The minimum Gasteiger partial charge on any atom is -0.317 e. The molecular formula is C28H33N9O. The van der Waals surface area contributed by atoms with Gasteiger partial charge >= 0.3 is 0 Å². The van der Waals surface area contributed by atoms with Crippen molar-refractivity contribution in [2.75, 3.05) is 42.9 Å². The van der Waals surface area contributed by atoms with Gasteiger partial charge in [-0.1, -0.05) is 13.8 Å². The van der Waals surface area contributed by atoms with Gasteiger partial charge in [-0.2, -0.15) is 5.10 Å². The van der Waals surface area contributed by atoms with Gasteiger partial charge in [0.25, 0.3) is 0 Å². The third-order valence-corrected chi connectivity index (χ3v) is 7.50. The lowest BCUT2D eigenvalue weighted by Crippen LogP contribution is -2.55. The van der Waals surface area contributed by atoms with Crippen LogP contribution in [0, 0.1) is 0 Å². The summed E-state index contributed by atoms with van der Waals surface area (Å²) in [4.78, 5) is 30.7. The maximum atomic E-state index is 12.9. The van der Waals surface area contributed by atoms with E-state index >= 15 is 0 Å². The molecule has 4 aromatic rings. The molecule has 10 nitrogen and oxygen atoms in total. The Morgan fingerprint density at radius 2 is 1.92 bits per heavy atom. The average Bonchev–Trinajstić information content (AvgIpc) is 3.38. The number of pyridine rings is 2. The monoisotopic (exact) mass is 511 g/mol.